The van der Waals surface area contributed by atoms with Crippen LogP contribution in [0.4, 0.5) is 0 Å². The largest absolute Gasteiger partial charge is 0.479 e. The zero-order valence-electron chi connectivity index (χ0n) is 20.3. The minimum absolute atomic E-state index is 0.00616. The van der Waals surface area contributed by atoms with Crippen LogP contribution in [0, 0.1) is 0 Å². The topological polar surface area (TPSA) is 122 Å². The van der Waals surface area contributed by atoms with Gasteiger partial charge in [0.2, 0.25) is 0 Å². The van der Waals surface area contributed by atoms with E-state index < -0.39 is 24.0 Å². The molecular formula is C29H26ClN3O5. The number of nitrogens with one attached hydrogen (secondary N) is 1. The molecular weight excluding hydrogens is 506 g/mol. The number of benzene rings is 3. The zero-order chi connectivity index (χ0) is 27.1. The Labute approximate surface area is 224 Å². The molecule has 4 rings (SSSR count). The van der Waals surface area contributed by atoms with Gasteiger partial charge in [0.25, 0.3) is 11.5 Å². The first kappa shape index (κ1) is 26.8. The van der Waals surface area contributed by atoms with Gasteiger partial charge in [-0.05, 0) is 46.9 Å². The van der Waals surface area contributed by atoms with Gasteiger partial charge in [0.15, 0.2) is 6.10 Å². The summed E-state index contributed by atoms with van der Waals surface area (Å²) in [5, 5.41) is 26.8. The van der Waals surface area contributed by atoms with Crippen LogP contribution in [0.15, 0.2) is 95.8 Å². The van der Waals surface area contributed by atoms with Crippen molar-refractivity contribution in [2.45, 2.75) is 31.5 Å². The molecule has 0 fully saturated rings. The summed E-state index contributed by atoms with van der Waals surface area (Å²) in [6, 6.07) is 26.2. The number of carboxylic acid groups (broad SMARTS) is 1. The van der Waals surface area contributed by atoms with Gasteiger partial charge in [-0.15, -0.1) is 0 Å². The first-order chi connectivity index (χ1) is 18.3. The molecule has 0 bridgehead atoms. The number of hydrogen-bond acceptors (Lipinski definition) is 5. The Balaban J connectivity index is 1.51. The highest BCUT2D eigenvalue weighted by Gasteiger charge is 2.23. The molecule has 0 radical (unpaired) electrons. The lowest BCUT2D eigenvalue weighted by atomic mass is 9.97. The summed E-state index contributed by atoms with van der Waals surface area (Å²) in [7, 11) is 0. The van der Waals surface area contributed by atoms with Crippen molar-refractivity contribution in [1.29, 1.82) is 0 Å². The van der Waals surface area contributed by atoms with Crippen LogP contribution in [0.5, 0.6) is 0 Å². The van der Waals surface area contributed by atoms with E-state index in [-0.39, 0.29) is 30.6 Å². The molecule has 1 aromatic heterocycles. The van der Waals surface area contributed by atoms with E-state index in [1.165, 1.54) is 16.8 Å². The standard InChI is InChI=1S/C29H26ClN3O5/c30-23-8-4-7-22(16-23)21-11-9-19(10-12-21)15-24(17-26(34)29(37)38)31-28(36)25-13-14-27(35)33(32-25)18-20-5-2-1-3-6-20/h1-14,16,24,26,34H,15,17-18H2,(H,31,36)(H,37,38). The first-order valence-corrected chi connectivity index (χ1v) is 12.3. The molecule has 38 heavy (non-hydrogen) atoms. The summed E-state index contributed by atoms with van der Waals surface area (Å²) in [6.07, 6.45) is -1.60. The normalized spacial score (nSPS) is 12.5. The molecule has 0 aliphatic heterocycles. The van der Waals surface area contributed by atoms with E-state index in [0.717, 1.165) is 22.3 Å². The van der Waals surface area contributed by atoms with Gasteiger partial charge < -0.3 is 15.5 Å². The highest BCUT2D eigenvalue weighted by atomic mass is 35.5. The van der Waals surface area contributed by atoms with Crippen LogP contribution < -0.4 is 10.9 Å². The van der Waals surface area contributed by atoms with E-state index in [1.807, 2.05) is 72.8 Å². The Kier molecular flexibility index (Phi) is 8.68. The number of aromatic nitrogens is 2. The molecule has 8 nitrogen and oxygen atoms in total. The number of aliphatic carboxylic acids is 1. The van der Waals surface area contributed by atoms with Crippen LogP contribution in [-0.2, 0) is 17.8 Å². The Bertz CT molecular complexity index is 1470. The molecule has 3 N–H and O–H groups in total. The van der Waals surface area contributed by atoms with Gasteiger partial charge in [-0.25, -0.2) is 9.48 Å². The second-order valence-corrected chi connectivity index (χ2v) is 9.31. The summed E-state index contributed by atoms with van der Waals surface area (Å²) in [5.74, 6) is -1.96. The van der Waals surface area contributed by atoms with E-state index in [4.69, 9.17) is 11.6 Å². The lowest BCUT2D eigenvalue weighted by Gasteiger charge is -2.20. The fourth-order valence-corrected chi connectivity index (χ4v) is 4.24. The summed E-state index contributed by atoms with van der Waals surface area (Å²) >= 11 is 6.09. The third-order valence-corrected chi connectivity index (χ3v) is 6.23. The van der Waals surface area contributed by atoms with Gasteiger partial charge in [0.1, 0.15) is 5.69 Å². The lowest BCUT2D eigenvalue weighted by molar-refractivity contribution is -0.147. The van der Waals surface area contributed by atoms with Crippen LogP contribution in [0.2, 0.25) is 5.02 Å². The van der Waals surface area contributed by atoms with Crippen molar-refractivity contribution in [3.63, 3.8) is 0 Å². The SMILES string of the molecule is O=C(NC(Cc1ccc(-c2cccc(Cl)c2)cc1)CC(O)C(=O)O)c1ccc(=O)n(Cc2ccccc2)n1. The number of carboxylic acids is 1. The Morgan fingerprint density at radius 3 is 2.32 bits per heavy atom. The van der Waals surface area contributed by atoms with Gasteiger partial charge in [-0.3, -0.25) is 9.59 Å². The van der Waals surface area contributed by atoms with Gasteiger partial charge in [0.05, 0.1) is 6.54 Å². The van der Waals surface area contributed by atoms with Gasteiger partial charge in [-0.2, -0.15) is 5.10 Å². The predicted molar refractivity (Wildman–Crippen MR) is 144 cm³/mol. The summed E-state index contributed by atoms with van der Waals surface area (Å²) in [5.41, 5.74) is 3.23. The van der Waals surface area contributed by atoms with Crippen LogP contribution in [0.25, 0.3) is 11.1 Å². The smallest absolute Gasteiger partial charge is 0.332 e. The van der Waals surface area contributed by atoms with E-state index in [0.29, 0.717) is 5.02 Å². The third-order valence-electron chi connectivity index (χ3n) is 6.00. The number of halogens is 1. The van der Waals surface area contributed by atoms with Gasteiger partial charge >= 0.3 is 5.97 Å². The van der Waals surface area contributed by atoms with E-state index in [9.17, 15) is 24.6 Å². The Morgan fingerprint density at radius 2 is 1.63 bits per heavy atom. The average molecular weight is 532 g/mol. The fraction of sp³-hybridized carbons (Fsp3) is 0.172. The van der Waals surface area contributed by atoms with Crippen molar-refractivity contribution in [1.82, 2.24) is 15.1 Å². The molecule has 194 valence electrons. The minimum atomic E-state index is -1.66. The van der Waals surface area contributed by atoms with E-state index >= 15 is 0 Å². The van der Waals surface area contributed by atoms with Crippen molar-refractivity contribution in [3.05, 3.63) is 123 Å². The summed E-state index contributed by atoms with van der Waals surface area (Å²) in [4.78, 5) is 36.7. The predicted octanol–water partition coefficient (Wildman–Crippen LogP) is 3.79. The van der Waals surface area contributed by atoms with Crippen molar-refractivity contribution in [2.75, 3.05) is 0 Å². The molecule has 4 aromatic rings. The minimum Gasteiger partial charge on any atom is -0.479 e. The monoisotopic (exact) mass is 531 g/mol. The van der Waals surface area contributed by atoms with Crippen LogP contribution in [0.3, 0.4) is 0 Å². The number of rotatable bonds is 10. The third kappa shape index (κ3) is 7.15. The highest BCUT2D eigenvalue weighted by molar-refractivity contribution is 6.30. The van der Waals surface area contributed by atoms with Crippen LogP contribution in [0.1, 0.15) is 28.0 Å². The van der Waals surface area contributed by atoms with Crippen LogP contribution in [-0.4, -0.2) is 44.0 Å². The maximum absolute atomic E-state index is 13.1. The molecule has 0 saturated heterocycles. The molecule has 0 aliphatic carbocycles. The number of amides is 1. The molecule has 0 spiro atoms. The number of aliphatic hydroxyl groups is 1. The van der Waals surface area contributed by atoms with Crippen molar-refractivity contribution >= 4 is 23.5 Å². The van der Waals surface area contributed by atoms with E-state index in [2.05, 4.69) is 10.4 Å². The lowest BCUT2D eigenvalue weighted by Crippen LogP contribution is -2.41. The highest BCUT2D eigenvalue weighted by Crippen LogP contribution is 2.23. The average Bonchev–Trinajstić information content (AvgIpc) is 2.90. The Morgan fingerprint density at radius 1 is 0.895 bits per heavy atom. The Hall–Kier alpha value is -4.27. The molecule has 1 amide bonds. The van der Waals surface area contributed by atoms with E-state index in [1.54, 1.807) is 6.07 Å². The van der Waals surface area contributed by atoms with Crippen molar-refractivity contribution in [2.24, 2.45) is 0 Å². The fourth-order valence-electron chi connectivity index (χ4n) is 4.05. The number of carbonyl (C=O) groups is 2. The van der Waals surface area contributed by atoms with Gasteiger partial charge in [0, 0.05) is 23.6 Å². The summed E-state index contributed by atoms with van der Waals surface area (Å²) in [6.45, 7) is 0.195. The number of aliphatic hydroxyl groups excluding tert-OH is 1. The zero-order valence-corrected chi connectivity index (χ0v) is 21.1. The second-order valence-electron chi connectivity index (χ2n) is 8.87. The second kappa shape index (κ2) is 12.3. The molecule has 1 heterocycles. The molecule has 3 aromatic carbocycles. The molecule has 0 saturated carbocycles. The van der Waals surface area contributed by atoms with Crippen LogP contribution >= 0.6 is 11.6 Å². The molecule has 2 unspecified atom stereocenters. The van der Waals surface area contributed by atoms with Gasteiger partial charge in [-0.1, -0.05) is 78.3 Å². The first-order valence-electron chi connectivity index (χ1n) is 12.0. The molecule has 2 atom stereocenters. The molecule has 9 heteroatoms. The maximum atomic E-state index is 13.1. The maximum Gasteiger partial charge on any atom is 0.332 e. The number of carbonyl (C=O) groups excluding carboxylic acids is 1. The summed E-state index contributed by atoms with van der Waals surface area (Å²) < 4.78 is 1.19. The molecule has 0 aliphatic rings. The van der Waals surface area contributed by atoms with Crippen molar-refractivity contribution in [3.8, 4) is 11.1 Å². The number of hydrogen-bond donors (Lipinski definition) is 3. The van der Waals surface area contributed by atoms with Crippen molar-refractivity contribution < 1.29 is 19.8 Å². The quantitative estimate of drug-likeness (QED) is 0.286. The number of nitrogens with zero attached hydrogens (tertiary/aromatic N) is 2.